The summed E-state index contributed by atoms with van der Waals surface area (Å²) in [6.45, 7) is 12.4. The number of hydrogen-bond acceptors (Lipinski definition) is 3. The molecule has 1 N–H and O–H groups in total. The lowest BCUT2D eigenvalue weighted by Gasteiger charge is -2.43. The zero-order chi connectivity index (χ0) is 20.5. The van der Waals surface area contributed by atoms with E-state index in [0.717, 1.165) is 5.56 Å². The van der Waals surface area contributed by atoms with E-state index in [0.29, 0.717) is 36.2 Å². The molecule has 1 amide bonds. The zero-order valence-electron chi connectivity index (χ0n) is 16.6. The van der Waals surface area contributed by atoms with Gasteiger partial charge in [-0.1, -0.05) is 50.0 Å². The smallest absolute Gasteiger partial charge is 0.407 e. The number of halogens is 2. The summed E-state index contributed by atoms with van der Waals surface area (Å²) < 4.78 is 12.5. The van der Waals surface area contributed by atoms with Gasteiger partial charge in [-0.25, -0.2) is 4.79 Å². The summed E-state index contributed by atoms with van der Waals surface area (Å²) in [5.74, 6) is 0. The molecule has 1 unspecified atom stereocenters. The molecule has 1 fully saturated rings. The highest BCUT2D eigenvalue weighted by molar-refractivity contribution is 6.74. The fraction of sp³-hybridized carbons (Fsp3) is 0.632. The van der Waals surface area contributed by atoms with Crippen LogP contribution in [-0.4, -0.2) is 50.7 Å². The highest BCUT2D eigenvalue weighted by Gasteiger charge is 2.42. The van der Waals surface area contributed by atoms with E-state index in [1.807, 2.05) is 6.07 Å². The molecule has 1 atom stereocenters. The van der Waals surface area contributed by atoms with Crippen molar-refractivity contribution < 1.29 is 19.1 Å². The first-order chi connectivity index (χ1) is 12.4. The third kappa shape index (κ3) is 5.18. The van der Waals surface area contributed by atoms with E-state index in [-0.39, 0.29) is 11.6 Å². The summed E-state index contributed by atoms with van der Waals surface area (Å²) in [6, 6.07) is 5.34. The predicted molar refractivity (Wildman–Crippen MR) is 111 cm³/mol. The Morgan fingerprint density at radius 2 is 2.00 bits per heavy atom. The molecule has 0 saturated carbocycles. The minimum Gasteiger partial charge on any atom is -0.465 e. The largest absolute Gasteiger partial charge is 0.465 e. The molecule has 1 aliphatic rings. The Morgan fingerprint density at radius 3 is 2.56 bits per heavy atom. The molecule has 2 rings (SSSR count). The first-order valence-electron chi connectivity index (χ1n) is 9.09. The van der Waals surface area contributed by atoms with Gasteiger partial charge < -0.3 is 19.2 Å². The maximum atomic E-state index is 11.6. The number of nitrogens with zero attached hydrogens (tertiary/aromatic N) is 1. The number of ether oxygens (including phenoxy) is 1. The summed E-state index contributed by atoms with van der Waals surface area (Å²) in [5.41, 5.74) is 0.0226. The number of benzene rings is 1. The van der Waals surface area contributed by atoms with Gasteiger partial charge in [0.05, 0.1) is 23.2 Å². The van der Waals surface area contributed by atoms with Gasteiger partial charge >= 0.3 is 6.09 Å². The molecular weight excluding hydrogens is 405 g/mol. The van der Waals surface area contributed by atoms with Gasteiger partial charge in [0, 0.05) is 19.6 Å². The van der Waals surface area contributed by atoms with E-state index in [1.165, 1.54) is 4.90 Å². The van der Waals surface area contributed by atoms with Crippen molar-refractivity contribution >= 4 is 37.6 Å². The van der Waals surface area contributed by atoms with Crippen molar-refractivity contribution in [3.05, 3.63) is 33.8 Å². The number of amides is 1. The van der Waals surface area contributed by atoms with Crippen molar-refractivity contribution in [3.8, 4) is 0 Å². The van der Waals surface area contributed by atoms with Gasteiger partial charge in [0.15, 0.2) is 8.32 Å². The van der Waals surface area contributed by atoms with Crippen LogP contribution in [0.3, 0.4) is 0 Å². The molecule has 0 aliphatic carbocycles. The standard InChI is InChI=1S/C19H29Cl2NO4Si/c1-18(2,3)27(4,5)26-10-8-19(13-22(17(23)24)9-11-25-19)14-6-7-15(20)16(21)12-14/h6-7,12H,8-11,13H2,1-5H3,(H,23,24). The Morgan fingerprint density at radius 1 is 1.33 bits per heavy atom. The lowest BCUT2D eigenvalue weighted by atomic mass is 9.88. The summed E-state index contributed by atoms with van der Waals surface area (Å²) in [7, 11) is -1.91. The van der Waals surface area contributed by atoms with Crippen molar-refractivity contribution in [1.82, 2.24) is 4.90 Å². The Labute approximate surface area is 172 Å². The molecule has 0 spiro atoms. The Hall–Kier alpha value is -0.793. The second-order valence-electron chi connectivity index (χ2n) is 8.53. The Bertz CT molecular complexity index is 693. The lowest BCUT2D eigenvalue weighted by molar-refractivity contribution is -0.116. The monoisotopic (exact) mass is 433 g/mol. The number of rotatable bonds is 5. The first kappa shape index (κ1) is 22.5. The van der Waals surface area contributed by atoms with E-state index in [1.54, 1.807) is 12.1 Å². The van der Waals surface area contributed by atoms with Crippen molar-refractivity contribution in [2.24, 2.45) is 0 Å². The highest BCUT2D eigenvalue weighted by Crippen LogP contribution is 2.39. The number of hydrogen-bond donors (Lipinski definition) is 1. The van der Waals surface area contributed by atoms with Gasteiger partial charge in [0.2, 0.25) is 0 Å². The first-order valence-corrected chi connectivity index (χ1v) is 12.8. The lowest BCUT2D eigenvalue weighted by Crippen LogP contribution is -2.52. The van der Waals surface area contributed by atoms with Crippen molar-refractivity contribution in [2.45, 2.75) is 50.9 Å². The molecule has 1 aromatic rings. The van der Waals surface area contributed by atoms with Gasteiger partial charge in [0.25, 0.3) is 0 Å². The minimum absolute atomic E-state index is 0.101. The average molecular weight is 434 g/mol. The SMILES string of the molecule is CC(C)(C)[Si](C)(C)OCCC1(c2ccc(Cl)c(Cl)c2)CN(C(=O)O)CCO1. The van der Waals surface area contributed by atoms with E-state index in [4.69, 9.17) is 32.4 Å². The molecule has 1 heterocycles. The third-order valence-electron chi connectivity index (χ3n) is 5.68. The van der Waals surface area contributed by atoms with E-state index < -0.39 is 20.0 Å². The molecule has 5 nitrogen and oxygen atoms in total. The van der Waals surface area contributed by atoms with Crippen LogP contribution < -0.4 is 0 Å². The highest BCUT2D eigenvalue weighted by atomic mass is 35.5. The minimum atomic E-state index is -1.91. The Balaban J connectivity index is 2.27. The second kappa shape index (κ2) is 8.29. The van der Waals surface area contributed by atoms with E-state index >= 15 is 0 Å². The van der Waals surface area contributed by atoms with Crippen molar-refractivity contribution in [2.75, 3.05) is 26.3 Å². The summed E-state index contributed by atoms with van der Waals surface area (Å²) in [5, 5.41) is 10.5. The zero-order valence-corrected chi connectivity index (χ0v) is 19.2. The van der Waals surface area contributed by atoms with E-state index in [9.17, 15) is 9.90 Å². The third-order valence-corrected chi connectivity index (χ3v) is 11.0. The van der Waals surface area contributed by atoms with Gasteiger partial charge in [-0.05, 0) is 35.8 Å². The average Bonchev–Trinajstić information content (AvgIpc) is 2.56. The quantitative estimate of drug-likeness (QED) is 0.612. The molecule has 1 aromatic carbocycles. The molecule has 0 radical (unpaired) electrons. The van der Waals surface area contributed by atoms with Crippen LogP contribution in [0.4, 0.5) is 4.79 Å². The topological polar surface area (TPSA) is 59.0 Å². The van der Waals surface area contributed by atoms with Crippen LogP contribution in [0.1, 0.15) is 32.8 Å². The molecule has 1 saturated heterocycles. The maximum absolute atomic E-state index is 11.6. The van der Waals surface area contributed by atoms with Crippen LogP contribution in [0, 0.1) is 0 Å². The van der Waals surface area contributed by atoms with Crippen molar-refractivity contribution in [3.63, 3.8) is 0 Å². The van der Waals surface area contributed by atoms with Crippen LogP contribution in [0.25, 0.3) is 0 Å². The van der Waals surface area contributed by atoms with E-state index in [2.05, 4.69) is 33.9 Å². The van der Waals surface area contributed by atoms with Gasteiger partial charge in [-0.15, -0.1) is 0 Å². The molecule has 0 bridgehead atoms. The molecular formula is C19H29Cl2NO4Si. The normalized spacial score (nSPS) is 21.4. The summed E-state index contributed by atoms with van der Waals surface area (Å²) in [6.07, 6.45) is -0.408. The second-order valence-corrected chi connectivity index (χ2v) is 14.2. The number of carboxylic acid groups (broad SMARTS) is 1. The maximum Gasteiger partial charge on any atom is 0.407 e. The molecule has 1 aliphatic heterocycles. The molecule has 0 aromatic heterocycles. The van der Waals surface area contributed by atoms with Crippen LogP contribution in [0.15, 0.2) is 18.2 Å². The molecule has 8 heteroatoms. The van der Waals surface area contributed by atoms with Gasteiger partial charge in [-0.3, -0.25) is 0 Å². The molecule has 152 valence electrons. The summed E-state index contributed by atoms with van der Waals surface area (Å²) >= 11 is 12.3. The van der Waals surface area contributed by atoms with Crippen LogP contribution in [0.2, 0.25) is 28.2 Å². The van der Waals surface area contributed by atoms with Crippen LogP contribution in [0.5, 0.6) is 0 Å². The van der Waals surface area contributed by atoms with Crippen molar-refractivity contribution in [1.29, 1.82) is 0 Å². The van der Waals surface area contributed by atoms with Crippen LogP contribution in [-0.2, 0) is 14.8 Å². The fourth-order valence-corrected chi connectivity index (χ4v) is 4.23. The van der Waals surface area contributed by atoms with Gasteiger partial charge in [-0.2, -0.15) is 0 Å². The summed E-state index contributed by atoms with van der Waals surface area (Å²) in [4.78, 5) is 12.9. The molecule has 27 heavy (non-hydrogen) atoms. The fourth-order valence-electron chi connectivity index (χ4n) is 2.88. The Kier molecular flexibility index (Phi) is 6.91. The number of morpholine rings is 1. The van der Waals surface area contributed by atoms with Crippen LogP contribution >= 0.6 is 23.2 Å². The predicted octanol–water partition coefficient (Wildman–Crippen LogP) is 5.61. The van der Waals surface area contributed by atoms with Gasteiger partial charge in [0.1, 0.15) is 5.60 Å². The number of carbonyl (C=O) groups is 1.